The van der Waals surface area contributed by atoms with E-state index in [1.165, 1.54) is 20.5 Å². The van der Waals surface area contributed by atoms with Gasteiger partial charge in [-0.15, -0.1) is 11.3 Å². The van der Waals surface area contributed by atoms with Gasteiger partial charge in [0.2, 0.25) is 0 Å². The van der Waals surface area contributed by atoms with Crippen LogP contribution in [0.3, 0.4) is 0 Å². The molecule has 1 aromatic heterocycles. The summed E-state index contributed by atoms with van der Waals surface area (Å²) in [5.41, 5.74) is 2.60. The molecule has 2 heterocycles. The Labute approximate surface area is 127 Å². The summed E-state index contributed by atoms with van der Waals surface area (Å²) in [4.78, 5) is 1.55. The Balaban J connectivity index is 1.94. The first-order chi connectivity index (χ1) is 8.65. The van der Waals surface area contributed by atoms with Gasteiger partial charge in [-0.2, -0.15) is 0 Å². The zero-order valence-corrected chi connectivity index (χ0v) is 13.8. The van der Waals surface area contributed by atoms with E-state index in [4.69, 9.17) is 4.74 Å². The lowest BCUT2D eigenvalue weighted by atomic mass is 10.0. The first kappa shape index (κ1) is 12.7. The molecule has 1 aromatic carbocycles. The minimum Gasteiger partial charge on any atom is -0.490 e. The maximum Gasteiger partial charge on any atom is 0.123 e. The molecule has 2 atom stereocenters. The van der Waals surface area contributed by atoms with Crippen LogP contribution in [0.15, 0.2) is 34.1 Å². The Bertz CT molecular complexity index is 579. The second-order valence-corrected chi connectivity index (χ2v) is 7.21. The minimum absolute atomic E-state index is 0.244. The van der Waals surface area contributed by atoms with Crippen molar-refractivity contribution in [1.29, 1.82) is 0 Å². The van der Waals surface area contributed by atoms with Gasteiger partial charge in [0.1, 0.15) is 11.9 Å². The highest BCUT2D eigenvalue weighted by atomic mass is 79.9. The lowest BCUT2D eigenvalue weighted by Crippen LogP contribution is -2.05. The zero-order chi connectivity index (χ0) is 12.7. The van der Waals surface area contributed by atoms with Crippen LogP contribution in [0.25, 0.3) is 0 Å². The molecule has 0 fully saturated rings. The van der Waals surface area contributed by atoms with E-state index in [0.29, 0.717) is 6.10 Å². The maximum absolute atomic E-state index is 5.73. The van der Waals surface area contributed by atoms with E-state index in [1.54, 1.807) is 11.3 Å². The molecule has 0 spiro atoms. The van der Waals surface area contributed by atoms with Gasteiger partial charge in [-0.3, -0.25) is 0 Å². The van der Waals surface area contributed by atoms with E-state index >= 15 is 0 Å². The highest BCUT2D eigenvalue weighted by molar-refractivity contribution is 9.11. The average molecular weight is 388 g/mol. The van der Waals surface area contributed by atoms with Gasteiger partial charge >= 0.3 is 0 Å². The third-order valence-corrected chi connectivity index (χ3v) is 6.31. The molecule has 2 unspecified atom stereocenters. The summed E-state index contributed by atoms with van der Waals surface area (Å²) in [5.74, 6) is 1.04. The molecule has 4 heteroatoms. The first-order valence-electron chi connectivity index (χ1n) is 5.81. The Hall–Kier alpha value is -0.320. The number of halogens is 2. The molecule has 2 aromatic rings. The van der Waals surface area contributed by atoms with Crippen LogP contribution < -0.4 is 4.74 Å². The lowest BCUT2D eigenvalue weighted by Gasteiger charge is -2.10. The molecule has 0 saturated heterocycles. The van der Waals surface area contributed by atoms with Gasteiger partial charge < -0.3 is 4.74 Å². The Morgan fingerprint density at radius 3 is 2.94 bits per heavy atom. The third kappa shape index (κ3) is 2.26. The van der Waals surface area contributed by atoms with Crippen molar-refractivity contribution in [1.82, 2.24) is 0 Å². The minimum atomic E-state index is 0.244. The maximum atomic E-state index is 5.73. The number of hydrogen-bond donors (Lipinski definition) is 0. The quantitative estimate of drug-likeness (QED) is 0.633. The van der Waals surface area contributed by atoms with Crippen LogP contribution in [0.2, 0.25) is 0 Å². The summed E-state index contributed by atoms with van der Waals surface area (Å²) >= 11 is 9.14. The van der Waals surface area contributed by atoms with Crippen LogP contribution in [0.1, 0.15) is 27.8 Å². The van der Waals surface area contributed by atoms with Gasteiger partial charge in [-0.05, 0) is 51.5 Å². The zero-order valence-electron chi connectivity index (χ0n) is 9.82. The third-order valence-electron chi connectivity index (χ3n) is 3.09. The van der Waals surface area contributed by atoms with Crippen LogP contribution >= 0.6 is 43.2 Å². The number of alkyl halides is 1. The number of hydrogen-bond acceptors (Lipinski definition) is 2. The van der Waals surface area contributed by atoms with Crippen molar-refractivity contribution in [2.45, 2.75) is 24.3 Å². The van der Waals surface area contributed by atoms with E-state index in [2.05, 4.69) is 68.4 Å². The predicted octanol–water partition coefficient (Wildman–Crippen LogP) is 5.32. The average Bonchev–Trinajstić information content (AvgIpc) is 2.91. The van der Waals surface area contributed by atoms with Gasteiger partial charge in [0.05, 0.1) is 4.83 Å². The molecular weight excluding hydrogens is 376 g/mol. The molecule has 0 bridgehead atoms. The van der Waals surface area contributed by atoms with Gasteiger partial charge in [-0.25, -0.2) is 0 Å². The highest BCUT2D eigenvalue weighted by Gasteiger charge is 2.22. The van der Waals surface area contributed by atoms with Crippen molar-refractivity contribution in [3.8, 4) is 5.75 Å². The second kappa shape index (κ2) is 4.99. The van der Waals surface area contributed by atoms with E-state index in [1.807, 2.05) is 0 Å². The number of ether oxygens (including phenoxy) is 1. The monoisotopic (exact) mass is 386 g/mol. The van der Waals surface area contributed by atoms with E-state index < -0.39 is 0 Å². The van der Waals surface area contributed by atoms with Gasteiger partial charge in [0, 0.05) is 15.8 Å². The van der Waals surface area contributed by atoms with Crippen LogP contribution in [-0.4, -0.2) is 6.10 Å². The van der Waals surface area contributed by atoms with Gasteiger partial charge in [0.25, 0.3) is 0 Å². The van der Waals surface area contributed by atoms with Crippen LogP contribution in [0.5, 0.6) is 5.75 Å². The van der Waals surface area contributed by atoms with Crippen LogP contribution in [-0.2, 0) is 6.42 Å². The molecule has 3 rings (SSSR count). The molecule has 1 nitrogen and oxygen atoms in total. The van der Waals surface area contributed by atoms with Crippen LogP contribution in [0.4, 0.5) is 0 Å². The molecule has 0 amide bonds. The molecule has 0 saturated carbocycles. The molecule has 0 radical (unpaired) electrons. The Morgan fingerprint density at radius 2 is 2.22 bits per heavy atom. The fraction of sp³-hybridized carbons (Fsp3) is 0.286. The van der Waals surface area contributed by atoms with Crippen molar-refractivity contribution in [2.75, 3.05) is 0 Å². The van der Waals surface area contributed by atoms with E-state index in [9.17, 15) is 0 Å². The summed E-state index contributed by atoms with van der Waals surface area (Å²) < 4.78 is 6.90. The Kier molecular flexibility index (Phi) is 3.52. The second-order valence-electron chi connectivity index (χ2n) is 4.50. The van der Waals surface area contributed by atoms with Crippen molar-refractivity contribution >= 4 is 43.2 Å². The molecule has 0 aliphatic carbocycles. The van der Waals surface area contributed by atoms with Crippen molar-refractivity contribution in [3.05, 3.63) is 50.1 Å². The summed E-state index contributed by atoms with van der Waals surface area (Å²) in [7, 11) is 0. The topological polar surface area (TPSA) is 9.23 Å². The van der Waals surface area contributed by atoms with Gasteiger partial charge in [-0.1, -0.05) is 28.1 Å². The molecule has 94 valence electrons. The summed E-state index contributed by atoms with van der Waals surface area (Å²) in [5, 5.41) is 2.10. The van der Waals surface area contributed by atoms with E-state index in [0.717, 1.165) is 12.2 Å². The SMILES string of the molecule is CC1Cc2cc(C(Br)c3sccc3Br)ccc2O1. The standard InChI is InChI=1S/C14H12Br2OS/c1-8-6-10-7-9(2-3-12(10)17-8)13(16)14-11(15)4-5-18-14/h2-5,7-8,13H,6H2,1H3. The fourth-order valence-corrected chi connectivity index (χ4v) is 5.00. The number of fused-ring (bicyclic) bond motifs is 1. The smallest absolute Gasteiger partial charge is 0.123 e. The highest BCUT2D eigenvalue weighted by Crippen LogP contribution is 2.41. The van der Waals surface area contributed by atoms with Crippen molar-refractivity contribution < 1.29 is 4.74 Å². The lowest BCUT2D eigenvalue weighted by molar-refractivity contribution is 0.254. The van der Waals surface area contributed by atoms with Gasteiger partial charge in [0.15, 0.2) is 0 Å². The normalized spacial score (nSPS) is 19.4. The summed E-state index contributed by atoms with van der Waals surface area (Å²) in [6.07, 6.45) is 1.31. The first-order valence-corrected chi connectivity index (χ1v) is 8.40. The summed E-state index contributed by atoms with van der Waals surface area (Å²) in [6, 6.07) is 8.57. The van der Waals surface area contributed by atoms with Crippen LogP contribution in [0, 0.1) is 0 Å². The molecular formula is C14H12Br2OS. The van der Waals surface area contributed by atoms with E-state index in [-0.39, 0.29) is 4.83 Å². The number of thiophene rings is 1. The molecule has 1 aliphatic heterocycles. The Morgan fingerprint density at radius 1 is 1.39 bits per heavy atom. The fourth-order valence-electron chi connectivity index (χ4n) is 2.24. The van der Waals surface area contributed by atoms with Crippen molar-refractivity contribution in [2.24, 2.45) is 0 Å². The largest absolute Gasteiger partial charge is 0.490 e. The predicted molar refractivity (Wildman–Crippen MR) is 83.0 cm³/mol. The van der Waals surface area contributed by atoms with Crippen molar-refractivity contribution in [3.63, 3.8) is 0 Å². The summed E-state index contributed by atoms with van der Waals surface area (Å²) in [6.45, 7) is 2.11. The molecule has 1 aliphatic rings. The molecule has 18 heavy (non-hydrogen) atoms. The molecule has 0 N–H and O–H groups in total. The number of rotatable bonds is 2. The number of benzene rings is 1.